The van der Waals surface area contributed by atoms with Crippen molar-refractivity contribution in [2.24, 2.45) is 0 Å². The molecule has 0 aliphatic carbocycles. The first kappa shape index (κ1) is 15.8. The topological polar surface area (TPSA) is 38.3 Å². The third kappa shape index (κ3) is 4.19. The maximum atomic E-state index is 13.2. The molecular weight excluding hydrogens is 281 g/mol. The van der Waals surface area contributed by atoms with E-state index in [0.29, 0.717) is 17.9 Å². The number of ether oxygens (including phenoxy) is 1. The van der Waals surface area contributed by atoms with Crippen molar-refractivity contribution in [1.82, 2.24) is 5.32 Å². The fourth-order valence-electron chi connectivity index (χ4n) is 2.03. The lowest BCUT2D eigenvalue weighted by Crippen LogP contribution is -2.20. The van der Waals surface area contributed by atoms with E-state index in [9.17, 15) is 9.18 Å². The molecule has 0 atom stereocenters. The summed E-state index contributed by atoms with van der Waals surface area (Å²) in [7, 11) is 1.59. The van der Waals surface area contributed by atoms with Gasteiger partial charge in [-0.05, 0) is 36.3 Å². The van der Waals surface area contributed by atoms with Gasteiger partial charge in [-0.25, -0.2) is 4.39 Å². The molecule has 22 heavy (non-hydrogen) atoms. The highest BCUT2D eigenvalue weighted by molar-refractivity contribution is 5.92. The monoisotopic (exact) mass is 299 g/mol. The molecule has 1 amide bonds. The summed E-state index contributed by atoms with van der Waals surface area (Å²) in [5, 5.41) is 2.76. The van der Waals surface area contributed by atoms with Gasteiger partial charge in [-0.3, -0.25) is 4.79 Å². The minimum atomic E-state index is -0.244. The van der Waals surface area contributed by atoms with Gasteiger partial charge in [0.25, 0.3) is 0 Å². The van der Waals surface area contributed by atoms with Crippen LogP contribution in [0.5, 0.6) is 5.75 Å². The van der Waals surface area contributed by atoms with Crippen LogP contribution in [0.25, 0.3) is 6.08 Å². The summed E-state index contributed by atoms with van der Waals surface area (Å²) in [5.41, 5.74) is 2.26. The molecule has 0 saturated heterocycles. The largest absolute Gasteiger partial charge is 0.496 e. The van der Waals surface area contributed by atoms with Crippen LogP contribution in [0.15, 0.2) is 48.5 Å². The number of hydrogen-bond donors (Lipinski definition) is 1. The van der Waals surface area contributed by atoms with Gasteiger partial charge in [0.1, 0.15) is 11.6 Å². The summed E-state index contributed by atoms with van der Waals surface area (Å²) in [6, 6.07) is 12.2. The SMILES string of the molecule is COc1ccccc1/C=C/C(=O)NCc1ccc(F)c(C)c1. The molecule has 0 saturated carbocycles. The number of carbonyl (C=O) groups is 1. The zero-order valence-electron chi connectivity index (χ0n) is 12.6. The van der Waals surface area contributed by atoms with Crippen LogP contribution in [0, 0.1) is 12.7 Å². The maximum Gasteiger partial charge on any atom is 0.244 e. The highest BCUT2D eigenvalue weighted by atomic mass is 19.1. The smallest absolute Gasteiger partial charge is 0.244 e. The molecule has 0 aliphatic rings. The van der Waals surface area contributed by atoms with E-state index < -0.39 is 0 Å². The van der Waals surface area contributed by atoms with E-state index in [-0.39, 0.29) is 11.7 Å². The molecule has 3 nitrogen and oxygen atoms in total. The van der Waals surface area contributed by atoms with Gasteiger partial charge in [-0.15, -0.1) is 0 Å². The number of halogens is 1. The summed E-state index contributed by atoms with van der Waals surface area (Å²) < 4.78 is 18.4. The molecule has 114 valence electrons. The van der Waals surface area contributed by atoms with Crippen LogP contribution in [0.4, 0.5) is 4.39 Å². The Balaban J connectivity index is 1.95. The molecule has 0 heterocycles. The van der Waals surface area contributed by atoms with Crippen molar-refractivity contribution in [2.75, 3.05) is 7.11 Å². The molecule has 2 aromatic carbocycles. The van der Waals surface area contributed by atoms with E-state index in [1.807, 2.05) is 24.3 Å². The number of hydrogen-bond acceptors (Lipinski definition) is 2. The van der Waals surface area contributed by atoms with Gasteiger partial charge in [-0.1, -0.05) is 30.3 Å². The maximum absolute atomic E-state index is 13.2. The predicted octanol–water partition coefficient (Wildman–Crippen LogP) is 3.47. The number of rotatable bonds is 5. The van der Waals surface area contributed by atoms with Gasteiger partial charge in [0.15, 0.2) is 0 Å². The van der Waals surface area contributed by atoms with Gasteiger partial charge < -0.3 is 10.1 Å². The molecule has 0 spiro atoms. The van der Waals surface area contributed by atoms with Gasteiger partial charge >= 0.3 is 0 Å². The molecule has 0 aromatic heterocycles. The Kier molecular flexibility index (Phi) is 5.31. The Bertz CT molecular complexity index is 695. The van der Waals surface area contributed by atoms with Crippen molar-refractivity contribution >= 4 is 12.0 Å². The number of aryl methyl sites for hydroxylation is 1. The second kappa shape index (κ2) is 7.41. The fraction of sp³-hybridized carbons (Fsp3) is 0.167. The number of methoxy groups -OCH3 is 1. The standard InChI is InChI=1S/C18H18FNO2/c1-13-11-14(7-9-16(13)19)12-20-18(21)10-8-15-5-3-4-6-17(15)22-2/h3-11H,12H2,1-2H3,(H,20,21)/b10-8+. The summed E-state index contributed by atoms with van der Waals surface area (Å²) in [4.78, 5) is 11.8. The van der Waals surface area contributed by atoms with Gasteiger partial charge in [0.2, 0.25) is 5.91 Å². The molecule has 0 radical (unpaired) electrons. The van der Waals surface area contributed by atoms with Crippen LogP contribution in [0.2, 0.25) is 0 Å². The normalized spacial score (nSPS) is 10.7. The third-order valence-corrected chi connectivity index (χ3v) is 3.24. The minimum Gasteiger partial charge on any atom is -0.496 e. The van der Waals surface area contributed by atoms with Crippen molar-refractivity contribution in [3.05, 3.63) is 71.0 Å². The van der Waals surface area contributed by atoms with E-state index in [0.717, 1.165) is 11.1 Å². The van der Waals surface area contributed by atoms with Crippen LogP contribution in [0.1, 0.15) is 16.7 Å². The molecule has 1 N–H and O–H groups in total. The van der Waals surface area contributed by atoms with E-state index in [1.54, 1.807) is 32.2 Å². The van der Waals surface area contributed by atoms with Crippen molar-refractivity contribution < 1.29 is 13.9 Å². The van der Waals surface area contributed by atoms with Crippen LogP contribution in [-0.2, 0) is 11.3 Å². The predicted molar refractivity (Wildman–Crippen MR) is 85.0 cm³/mol. The number of para-hydroxylation sites is 1. The quantitative estimate of drug-likeness (QED) is 0.859. The number of amides is 1. The molecule has 2 aromatic rings. The van der Waals surface area contributed by atoms with E-state index >= 15 is 0 Å². The highest BCUT2D eigenvalue weighted by Crippen LogP contribution is 2.18. The van der Waals surface area contributed by atoms with Gasteiger partial charge in [-0.2, -0.15) is 0 Å². The second-order valence-electron chi connectivity index (χ2n) is 4.88. The average Bonchev–Trinajstić information content (AvgIpc) is 2.54. The van der Waals surface area contributed by atoms with Crippen molar-refractivity contribution in [3.63, 3.8) is 0 Å². The molecule has 0 bridgehead atoms. The first-order chi connectivity index (χ1) is 10.6. The Labute approximate surface area is 129 Å². The summed E-state index contributed by atoms with van der Waals surface area (Å²) in [6.45, 7) is 2.05. The van der Waals surface area contributed by atoms with E-state index in [4.69, 9.17) is 4.74 Å². The fourth-order valence-corrected chi connectivity index (χ4v) is 2.03. The van der Waals surface area contributed by atoms with Gasteiger partial charge in [0, 0.05) is 18.2 Å². The Morgan fingerprint density at radius 1 is 1.27 bits per heavy atom. The lowest BCUT2D eigenvalue weighted by Gasteiger charge is -2.05. The zero-order valence-corrected chi connectivity index (χ0v) is 12.6. The highest BCUT2D eigenvalue weighted by Gasteiger charge is 2.02. The molecule has 2 rings (SSSR count). The third-order valence-electron chi connectivity index (χ3n) is 3.24. The summed E-state index contributed by atoms with van der Waals surface area (Å²) >= 11 is 0. The average molecular weight is 299 g/mol. The molecule has 0 fully saturated rings. The van der Waals surface area contributed by atoms with Crippen LogP contribution in [0.3, 0.4) is 0 Å². The van der Waals surface area contributed by atoms with Crippen molar-refractivity contribution in [1.29, 1.82) is 0 Å². The van der Waals surface area contributed by atoms with Crippen LogP contribution in [-0.4, -0.2) is 13.0 Å². The molecule has 0 aliphatic heterocycles. The molecule has 4 heteroatoms. The second-order valence-corrected chi connectivity index (χ2v) is 4.88. The zero-order chi connectivity index (χ0) is 15.9. The van der Waals surface area contributed by atoms with Crippen molar-refractivity contribution in [3.8, 4) is 5.75 Å². The Morgan fingerprint density at radius 3 is 2.77 bits per heavy atom. The van der Waals surface area contributed by atoms with Crippen molar-refractivity contribution in [2.45, 2.75) is 13.5 Å². The number of benzene rings is 2. The van der Waals surface area contributed by atoms with Gasteiger partial charge in [0.05, 0.1) is 7.11 Å². The Hall–Kier alpha value is -2.62. The Morgan fingerprint density at radius 2 is 2.05 bits per heavy atom. The van der Waals surface area contributed by atoms with E-state index in [1.165, 1.54) is 12.1 Å². The number of carbonyl (C=O) groups excluding carboxylic acids is 1. The van der Waals surface area contributed by atoms with Crippen LogP contribution < -0.4 is 10.1 Å². The number of nitrogens with one attached hydrogen (secondary N) is 1. The molecule has 0 unspecified atom stereocenters. The minimum absolute atomic E-state index is 0.215. The van der Waals surface area contributed by atoms with Crippen LogP contribution >= 0.6 is 0 Å². The summed E-state index contributed by atoms with van der Waals surface area (Å²) in [5.74, 6) is 0.250. The summed E-state index contributed by atoms with van der Waals surface area (Å²) in [6.07, 6.45) is 3.15. The lowest BCUT2D eigenvalue weighted by atomic mass is 10.1. The lowest BCUT2D eigenvalue weighted by molar-refractivity contribution is -0.116. The first-order valence-electron chi connectivity index (χ1n) is 6.94. The van der Waals surface area contributed by atoms with E-state index in [2.05, 4.69) is 5.32 Å². The first-order valence-corrected chi connectivity index (χ1v) is 6.94. The molecular formula is C18H18FNO2.